The molecule has 1 aliphatic heterocycles. The van der Waals surface area contributed by atoms with Gasteiger partial charge in [-0.2, -0.15) is 0 Å². The molecule has 0 saturated carbocycles. The lowest BCUT2D eigenvalue weighted by atomic mass is 10.2. The standard InChI is InChI=1S/C23H22ClN5O2S/c1-2-11-28-12-14-29(15-13-28)20-10-6-5-9-19(20)25-21(30)16-32-23-27-26-22(31-23)17-7-3-4-8-18(17)24/h1,3-10H,11-16H2,(H,25,30). The number of hydrogen-bond acceptors (Lipinski definition) is 7. The maximum Gasteiger partial charge on any atom is 0.277 e. The van der Waals surface area contributed by atoms with Gasteiger partial charge in [-0.05, 0) is 24.3 Å². The molecular weight excluding hydrogens is 446 g/mol. The number of hydrogen-bond donors (Lipinski definition) is 1. The molecule has 1 N–H and O–H groups in total. The first-order valence-corrected chi connectivity index (χ1v) is 11.5. The lowest BCUT2D eigenvalue weighted by Gasteiger charge is -2.36. The Hall–Kier alpha value is -2.99. The Labute approximate surface area is 196 Å². The van der Waals surface area contributed by atoms with Gasteiger partial charge in [0.2, 0.25) is 11.8 Å². The van der Waals surface area contributed by atoms with E-state index in [1.54, 1.807) is 12.1 Å². The minimum atomic E-state index is -0.147. The highest BCUT2D eigenvalue weighted by atomic mass is 35.5. The Morgan fingerprint density at radius 3 is 2.66 bits per heavy atom. The highest BCUT2D eigenvalue weighted by Crippen LogP contribution is 2.30. The Bertz CT molecular complexity index is 1120. The average Bonchev–Trinajstić information content (AvgIpc) is 3.28. The van der Waals surface area contributed by atoms with Crippen molar-refractivity contribution >= 4 is 40.6 Å². The van der Waals surface area contributed by atoms with Crippen molar-refractivity contribution in [1.82, 2.24) is 15.1 Å². The molecule has 1 aromatic heterocycles. The van der Waals surface area contributed by atoms with Gasteiger partial charge in [-0.25, -0.2) is 0 Å². The van der Waals surface area contributed by atoms with Crippen LogP contribution in [0, 0.1) is 12.3 Å². The number of terminal acetylenes is 1. The molecule has 0 unspecified atom stereocenters. The van der Waals surface area contributed by atoms with Crippen molar-refractivity contribution in [2.45, 2.75) is 5.22 Å². The number of piperazine rings is 1. The quantitative estimate of drug-likeness (QED) is 0.417. The highest BCUT2D eigenvalue weighted by molar-refractivity contribution is 7.99. The molecule has 32 heavy (non-hydrogen) atoms. The van der Waals surface area contributed by atoms with Crippen molar-refractivity contribution in [2.24, 2.45) is 0 Å². The number of thioether (sulfide) groups is 1. The van der Waals surface area contributed by atoms with E-state index in [0.717, 1.165) is 37.6 Å². The van der Waals surface area contributed by atoms with E-state index < -0.39 is 0 Å². The second kappa shape index (κ2) is 10.6. The summed E-state index contributed by atoms with van der Waals surface area (Å²) in [5, 5.41) is 11.9. The van der Waals surface area contributed by atoms with E-state index in [9.17, 15) is 4.79 Å². The van der Waals surface area contributed by atoms with Crippen molar-refractivity contribution in [3.63, 3.8) is 0 Å². The Morgan fingerprint density at radius 1 is 1.12 bits per heavy atom. The van der Waals surface area contributed by atoms with Gasteiger partial charge in [0.25, 0.3) is 5.22 Å². The van der Waals surface area contributed by atoms with Crippen molar-refractivity contribution in [3.8, 4) is 23.8 Å². The smallest absolute Gasteiger partial charge is 0.277 e. The average molecular weight is 468 g/mol. The van der Waals surface area contributed by atoms with E-state index in [2.05, 4.69) is 31.2 Å². The summed E-state index contributed by atoms with van der Waals surface area (Å²) in [4.78, 5) is 17.1. The van der Waals surface area contributed by atoms with Crippen LogP contribution in [0.5, 0.6) is 0 Å². The number of benzene rings is 2. The topological polar surface area (TPSA) is 74.5 Å². The molecule has 2 heterocycles. The van der Waals surface area contributed by atoms with Gasteiger partial charge in [-0.15, -0.1) is 16.6 Å². The van der Waals surface area contributed by atoms with Crippen molar-refractivity contribution in [1.29, 1.82) is 0 Å². The summed E-state index contributed by atoms with van der Waals surface area (Å²) in [7, 11) is 0. The monoisotopic (exact) mass is 467 g/mol. The summed E-state index contributed by atoms with van der Waals surface area (Å²) in [5.41, 5.74) is 2.45. The summed E-state index contributed by atoms with van der Waals surface area (Å²) in [6.45, 7) is 4.17. The zero-order valence-electron chi connectivity index (χ0n) is 17.3. The molecule has 0 spiro atoms. The number of carbonyl (C=O) groups is 1. The van der Waals surface area contributed by atoms with Crippen LogP contribution >= 0.6 is 23.4 Å². The molecule has 9 heteroatoms. The first kappa shape index (κ1) is 22.2. The fraction of sp³-hybridized carbons (Fsp3) is 0.261. The molecule has 0 bridgehead atoms. The number of amides is 1. The fourth-order valence-corrected chi connectivity index (χ4v) is 4.24. The minimum absolute atomic E-state index is 0.147. The van der Waals surface area contributed by atoms with Gasteiger partial charge in [-0.1, -0.05) is 53.5 Å². The summed E-state index contributed by atoms with van der Waals surface area (Å²) in [5.74, 6) is 3.02. The summed E-state index contributed by atoms with van der Waals surface area (Å²) >= 11 is 7.36. The number of rotatable bonds is 7. The van der Waals surface area contributed by atoms with E-state index in [1.807, 2.05) is 36.4 Å². The molecule has 1 fully saturated rings. The maximum atomic E-state index is 12.6. The molecule has 7 nitrogen and oxygen atoms in total. The second-order valence-electron chi connectivity index (χ2n) is 7.17. The number of nitrogens with zero attached hydrogens (tertiary/aromatic N) is 4. The van der Waals surface area contributed by atoms with E-state index >= 15 is 0 Å². The van der Waals surface area contributed by atoms with E-state index in [4.69, 9.17) is 22.4 Å². The SMILES string of the molecule is C#CCN1CCN(c2ccccc2NC(=O)CSc2nnc(-c3ccccc3Cl)o2)CC1. The van der Waals surface area contributed by atoms with Gasteiger partial charge in [0, 0.05) is 26.2 Å². The first-order valence-electron chi connectivity index (χ1n) is 10.1. The van der Waals surface area contributed by atoms with Crippen LogP contribution in [0.25, 0.3) is 11.5 Å². The van der Waals surface area contributed by atoms with Crippen LogP contribution < -0.4 is 10.2 Å². The van der Waals surface area contributed by atoms with Crippen LogP contribution in [0.1, 0.15) is 0 Å². The third kappa shape index (κ3) is 5.43. The molecule has 1 saturated heterocycles. The number of aromatic nitrogens is 2. The van der Waals surface area contributed by atoms with E-state index in [0.29, 0.717) is 28.2 Å². The molecule has 164 valence electrons. The van der Waals surface area contributed by atoms with Gasteiger partial charge < -0.3 is 14.6 Å². The Kier molecular flexibility index (Phi) is 7.32. The van der Waals surface area contributed by atoms with Gasteiger partial charge in [0.1, 0.15) is 0 Å². The molecular formula is C23H22ClN5O2S. The normalized spacial score (nSPS) is 14.2. The van der Waals surface area contributed by atoms with Crippen molar-refractivity contribution < 1.29 is 9.21 Å². The highest BCUT2D eigenvalue weighted by Gasteiger charge is 2.19. The van der Waals surface area contributed by atoms with Gasteiger partial charge >= 0.3 is 0 Å². The first-order chi connectivity index (χ1) is 15.6. The van der Waals surface area contributed by atoms with Crippen LogP contribution in [0.15, 0.2) is 58.2 Å². The Morgan fingerprint density at radius 2 is 1.88 bits per heavy atom. The van der Waals surface area contributed by atoms with Crippen LogP contribution in [-0.4, -0.2) is 59.5 Å². The molecule has 4 rings (SSSR count). The molecule has 3 aromatic rings. The summed E-state index contributed by atoms with van der Waals surface area (Å²) in [6, 6.07) is 15.1. The lowest BCUT2D eigenvalue weighted by molar-refractivity contribution is -0.113. The van der Waals surface area contributed by atoms with Crippen LogP contribution in [-0.2, 0) is 4.79 Å². The summed E-state index contributed by atoms with van der Waals surface area (Å²) in [6.07, 6.45) is 5.42. The fourth-order valence-electron chi connectivity index (χ4n) is 3.46. The third-order valence-electron chi connectivity index (χ3n) is 5.04. The van der Waals surface area contributed by atoms with Crippen LogP contribution in [0.3, 0.4) is 0 Å². The second-order valence-corrected chi connectivity index (χ2v) is 8.51. The molecule has 0 radical (unpaired) electrons. The molecule has 1 amide bonds. The van der Waals surface area contributed by atoms with Crippen molar-refractivity contribution in [3.05, 3.63) is 53.6 Å². The molecule has 0 aliphatic carbocycles. The largest absolute Gasteiger partial charge is 0.411 e. The predicted molar refractivity (Wildman–Crippen MR) is 128 cm³/mol. The van der Waals surface area contributed by atoms with Crippen molar-refractivity contribution in [2.75, 3.05) is 48.7 Å². The number of anilines is 2. The maximum absolute atomic E-state index is 12.6. The molecule has 1 aliphatic rings. The lowest BCUT2D eigenvalue weighted by Crippen LogP contribution is -2.46. The van der Waals surface area contributed by atoms with Crippen LogP contribution in [0.4, 0.5) is 11.4 Å². The molecule has 2 aromatic carbocycles. The number of nitrogens with one attached hydrogen (secondary N) is 1. The van der Waals surface area contributed by atoms with E-state index in [-0.39, 0.29) is 11.7 Å². The number of halogens is 1. The zero-order chi connectivity index (χ0) is 22.3. The third-order valence-corrected chi connectivity index (χ3v) is 6.19. The Balaban J connectivity index is 1.35. The zero-order valence-corrected chi connectivity index (χ0v) is 18.9. The number of para-hydroxylation sites is 2. The molecule has 0 atom stereocenters. The van der Waals surface area contributed by atoms with E-state index in [1.165, 1.54) is 11.8 Å². The number of carbonyl (C=O) groups excluding carboxylic acids is 1. The predicted octanol–water partition coefficient (Wildman–Crippen LogP) is 3.88. The summed E-state index contributed by atoms with van der Waals surface area (Å²) < 4.78 is 5.65. The van der Waals surface area contributed by atoms with Gasteiger partial charge in [-0.3, -0.25) is 9.69 Å². The van der Waals surface area contributed by atoms with Gasteiger partial charge in [0.15, 0.2) is 0 Å². The van der Waals surface area contributed by atoms with Gasteiger partial charge in [0.05, 0.1) is 34.3 Å². The minimum Gasteiger partial charge on any atom is -0.411 e. The van der Waals surface area contributed by atoms with Crippen LogP contribution in [0.2, 0.25) is 5.02 Å².